The monoisotopic (exact) mass is 239 g/mol. The molecule has 3 rings (SSSR count). The molecule has 3 aromatic rings. The molecule has 5 nitrogen and oxygen atoms in total. The van der Waals surface area contributed by atoms with Crippen LogP contribution in [0.2, 0.25) is 0 Å². The summed E-state index contributed by atoms with van der Waals surface area (Å²) in [4.78, 5) is 16.0. The minimum Gasteiger partial charge on any atom is -0.347 e. The van der Waals surface area contributed by atoms with Crippen molar-refractivity contribution in [3.63, 3.8) is 0 Å². The number of benzene rings is 1. The second-order valence-electron chi connectivity index (χ2n) is 4.09. The number of hydrogen-bond acceptors (Lipinski definition) is 4. The van der Waals surface area contributed by atoms with Gasteiger partial charge in [-0.2, -0.15) is 0 Å². The van der Waals surface area contributed by atoms with Gasteiger partial charge in [-0.25, -0.2) is 15.0 Å². The molecule has 0 bridgehead atoms. The molecule has 2 N–H and O–H groups in total. The molecule has 2 aromatic heterocycles. The summed E-state index contributed by atoms with van der Waals surface area (Å²) in [5.41, 5.74) is 0.932. The van der Waals surface area contributed by atoms with Gasteiger partial charge in [0.25, 0.3) is 0 Å². The number of imidazole rings is 1. The summed E-state index contributed by atoms with van der Waals surface area (Å²) in [6, 6.07) is 7.95. The minimum absolute atomic E-state index is 0.0427. The molecule has 0 aliphatic rings. The summed E-state index contributed by atoms with van der Waals surface area (Å²) in [5.74, 6) is 1.48. The lowest BCUT2D eigenvalue weighted by Gasteiger charge is -2.11. The van der Waals surface area contributed by atoms with E-state index in [1.54, 1.807) is 12.4 Å². The van der Waals surface area contributed by atoms with E-state index in [1.807, 2.05) is 37.4 Å². The molecule has 90 valence electrons. The second-order valence-corrected chi connectivity index (χ2v) is 4.09. The first-order chi connectivity index (χ1) is 8.83. The number of nitrogens with one attached hydrogen (secondary N) is 2. The second kappa shape index (κ2) is 4.44. The molecule has 0 amide bonds. The third-order valence-electron chi connectivity index (χ3n) is 2.76. The number of fused-ring (bicyclic) bond motifs is 1. The quantitative estimate of drug-likeness (QED) is 0.737. The molecule has 1 aromatic carbocycles. The molecule has 0 spiro atoms. The number of hydrogen-bond donors (Lipinski definition) is 2. The van der Waals surface area contributed by atoms with Crippen LogP contribution in [0.4, 0.5) is 5.95 Å². The van der Waals surface area contributed by atoms with Crippen molar-refractivity contribution in [3.8, 4) is 0 Å². The molecule has 0 saturated carbocycles. The average Bonchev–Trinajstić information content (AvgIpc) is 2.92. The van der Waals surface area contributed by atoms with E-state index < -0.39 is 0 Å². The molecule has 1 unspecified atom stereocenters. The van der Waals surface area contributed by atoms with Crippen LogP contribution < -0.4 is 5.32 Å². The molecule has 5 heteroatoms. The van der Waals surface area contributed by atoms with Crippen LogP contribution in [-0.4, -0.2) is 19.9 Å². The Labute approximate surface area is 104 Å². The van der Waals surface area contributed by atoms with E-state index in [4.69, 9.17) is 0 Å². The first kappa shape index (κ1) is 10.7. The van der Waals surface area contributed by atoms with Gasteiger partial charge in [-0.05, 0) is 13.0 Å². The summed E-state index contributed by atoms with van der Waals surface area (Å²) < 4.78 is 0. The van der Waals surface area contributed by atoms with Crippen LogP contribution in [0.1, 0.15) is 18.8 Å². The largest absolute Gasteiger partial charge is 0.347 e. The van der Waals surface area contributed by atoms with Gasteiger partial charge in [-0.3, -0.25) is 0 Å². The summed E-state index contributed by atoms with van der Waals surface area (Å²) in [7, 11) is 0. The smallest absolute Gasteiger partial charge is 0.223 e. The highest BCUT2D eigenvalue weighted by atomic mass is 15.1. The molecule has 1 atom stereocenters. The number of rotatable bonds is 3. The van der Waals surface area contributed by atoms with Crippen LogP contribution in [0.25, 0.3) is 10.9 Å². The highest BCUT2D eigenvalue weighted by Crippen LogP contribution is 2.15. The van der Waals surface area contributed by atoms with Crippen molar-refractivity contribution in [2.45, 2.75) is 13.0 Å². The molecule has 0 fully saturated rings. The van der Waals surface area contributed by atoms with E-state index in [-0.39, 0.29) is 6.04 Å². The topological polar surface area (TPSA) is 66.5 Å². The Morgan fingerprint density at radius 1 is 1.22 bits per heavy atom. The van der Waals surface area contributed by atoms with E-state index in [0.29, 0.717) is 5.95 Å². The number of H-pyrrole nitrogens is 1. The molecule has 0 aliphatic heterocycles. The molecule has 2 heterocycles. The van der Waals surface area contributed by atoms with Gasteiger partial charge in [0.2, 0.25) is 5.95 Å². The zero-order valence-electron chi connectivity index (χ0n) is 9.96. The maximum Gasteiger partial charge on any atom is 0.223 e. The van der Waals surface area contributed by atoms with Gasteiger partial charge < -0.3 is 10.3 Å². The van der Waals surface area contributed by atoms with Crippen molar-refractivity contribution >= 4 is 16.9 Å². The average molecular weight is 239 g/mol. The third-order valence-corrected chi connectivity index (χ3v) is 2.76. The summed E-state index contributed by atoms with van der Waals surface area (Å²) in [6.07, 6.45) is 5.35. The molecule has 0 saturated heterocycles. The highest BCUT2D eigenvalue weighted by molar-refractivity contribution is 5.78. The Morgan fingerprint density at radius 2 is 2.11 bits per heavy atom. The standard InChI is InChI=1S/C13H13N5/c1-9(12-14-6-7-15-12)17-13-16-8-10-4-2-3-5-11(10)18-13/h2-9H,1H3,(H,14,15)(H,16,17,18). The van der Waals surface area contributed by atoms with Gasteiger partial charge >= 0.3 is 0 Å². The Balaban J connectivity index is 1.86. The third kappa shape index (κ3) is 2.02. The maximum atomic E-state index is 4.46. The molecular weight excluding hydrogens is 226 g/mol. The van der Waals surface area contributed by atoms with E-state index in [1.165, 1.54) is 0 Å². The van der Waals surface area contributed by atoms with Gasteiger partial charge in [0.05, 0.1) is 11.6 Å². The van der Waals surface area contributed by atoms with Crippen LogP contribution in [-0.2, 0) is 0 Å². The Kier molecular flexibility index (Phi) is 2.64. The number of aromatic nitrogens is 4. The van der Waals surface area contributed by atoms with Gasteiger partial charge in [-0.15, -0.1) is 0 Å². The molecule has 0 aliphatic carbocycles. The Hall–Kier alpha value is -2.43. The Morgan fingerprint density at radius 3 is 2.94 bits per heavy atom. The lowest BCUT2D eigenvalue weighted by Crippen LogP contribution is -2.10. The van der Waals surface area contributed by atoms with Crippen molar-refractivity contribution in [3.05, 3.63) is 48.7 Å². The van der Waals surface area contributed by atoms with Crippen LogP contribution >= 0.6 is 0 Å². The number of anilines is 1. The van der Waals surface area contributed by atoms with Crippen molar-refractivity contribution in [1.29, 1.82) is 0 Å². The van der Waals surface area contributed by atoms with Crippen LogP contribution in [0.15, 0.2) is 42.9 Å². The first-order valence-corrected chi connectivity index (χ1v) is 5.80. The zero-order chi connectivity index (χ0) is 12.4. The Bertz CT molecular complexity index is 647. The molecule has 0 radical (unpaired) electrons. The zero-order valence-corrected chi connectivity index (χ0v) is 9.96. The predicted octanol–water partition coefficient (Wildman–Crippen LogP) is 2.53. The number of nitrogens with zero attached hydrogens (tertiary/aromatic N) is 3. The fourth-order valence-corrected chi connectivity index (χ4v) is 1.82. The number of para-hydroxylation sites is 1. The highest BCUT2D eigenvalue weighted by Gasteiger charge is 2.08. The van der Waals surface area contributed by atoms with Crippen LogP contribution in [0.3, 0.4) is 0 Å². The van der Waals surface area contributed by atoms with Crippen molar-refractivity contribution in [2.75, 3.05) is 5.32 Å². The first-order valence-electron chi connectivity index (χ1n) is 5.80. The lowest BCUT2D eigenvalue weighted by molar-refractivity contribution is 0.797. The van der Waals surface area contributed by atoms with E-state index in [0.717, 1.165) is 16.7 Å². The number of aromatic amines is 1. The normalized spacial score (nSPS) is 12.5. The van der Waals surface area contributed by atoms with Crippen LogP contribution in [0, 0.1) is 0 Å². The van der Waals surface area contributed by atoms with E-state index >= 15 is 0 Å². The fraction of sp³-hybridized carbons (Fsp3) is 0.154. The van der Waals surface area contributed by atoms with E-state index in [2.05, 4.69) is 25.3 Å². The van der Waals surface area contributed by atoms with Gasteiger partial charge in [0.15, 0.2) is 0 Å². The summed E-state index contributed by atoms with van der Waals surface area (Å²) >= 11 is 0. The van der Waals surface area contributed by atoms with Crippen molar-refractivity contribution < 1.29 is 0 Å². The maximum absolute atomic E-state index is 4.46. The van der Waals surface area contributed by atoms with Crippen LogP contribution in [0.5, 0.6) is 0 Å². The molecular formula is C13H13N5. The fourth-order valence-electron chi connectivity index (χ4n) is 1.82. The van der Waals surface area contributed by atoms with Crippen molar-refractivity contribution in [2.24, 2.45) is 0 Å². The van der Waals surface area contributed by atoms with Gasteiger partial charge in [0.1, 0.15) is 5.82 Å². The van der Waals surface area contributed by atoms with Gasteiger partial charge in [0, 0.05) is 24.0 Å². The molecule has 18 heavy (non-hydrogen) atoms. The summed E-state index contributed by atoms with van der Waals surface area (Å²) in [5, 5.41) is 4.26. The minimum atomic E-state index is 0.0427. The van der Waals surface area contributed by atoms with Gasteiger partial charge in [-0.1, -0.05) is 18.2 Å². The predicted molar refractivity (Wildman–Crippen MR) is 70.2 cm³/mol. The SMILES string of the molecule is CC(Nc1ncc2ccccc2n1)c1ncc[nH]1. The van der Waals surface area contributed by atoms with Crippen molar-refractivity contribution in [1.82, 2.24) is 19.9 Å². The summed E-state index contributed by atoms with van der Waals surface area (Å²) in [6.45, 7) is 2.01. The lowest BCUT2D eigenvalue weighted by atomic mass is 10.2. The van der Waals surface area contributed by atoms with E-state index in [9.17, 15) is 0 Å².